The standard InChI is InChI=1S/C26H15N3O7/c27-13-20-23(14-5-7-16(8-6-14)29(32)33)18-10-9-17(12-22(18)35-24(20)28)34-25(30)19-11-15-3-1-2-4-21(15)36-26(19)31/h1-12,23H,28H2. The fourth-order valence-corrected chi connectivity index (χ4v) is 4.00. The van der Waals surface area contributed by atoms with Crippen LogP contribution in [0.2, 0.25) is 0 Å². The van der Waals surface area contributed by atoms with E-state index in [-0.39, 0.29) is 34.2 Å². The van der Waals surface area contributed by atoms with Crippen molar-refractivity contribution in [3.63, 3.8) is 0 Å². The van der Waals surface area contributed by atoms with E-state index in [9.17, 15) is 25.0 Å². The van der Waals surface area contributed by atoms with Crippen molar-refractivity contribution in [3.8, 4) is 17.6 Å². The van der Waals surface area contributed by atoms with E-state index in [1.807, 2.05) is 6.07 Å². The quantitative estimate of drug-likeness (QED) is 0.149. The molecule has 1 aliphatic rings. The highest BCUT2D eigenvalue weighted by Gasteiger charge is 2.31. The maximum absolute atomic E-state index is 12.7. The summed E-state index contributed by atoms with van der Waals surface area (Å²) in [6.45, 7) is 0. The Morgan fingerprint density at radius 2 is 1.83 bits per heavy atom. The second-order valence-electron chi connectivity index (χ2n) is 7.85. The van der Waals surface area contributed by atoms with Gasteiger partial charge in [-0.25, -0.2) is 9.59 Å². The maximum Gasteiger partial charge on any atom is 0.351 e. The molecule has 1 aliphatic heterocycles. The van der Waals surface area contributed by atoms with Crippen molar-refractivity contribution in [2.24, 2.45) is 5.73 Å². The zero-order valence-electron chi connectivity index (χ0n) is 18.3. The molecule has 0 aliphatic carbocycles. The number of non-ortho nitro benzene ring substituents is 1. The molecule has 1 unspecified atom stereocenters. The van der Waals surface area contributed by atoms with Crippen LogP contribution in [-0.4, -0.2) is 10.9 Å². The largest absolute Gasteiger partial charge is 0.440 e. The van der Waals surface area contributed by atoms with Crippen molar-refractivity contribution in [2.45, 2.75) is 5.92 Å². The van der Waals surface area contributed by atoms with E-state index in [4.69, 9.17) is 19.6 Å². The van der Waals surface area contributed by atoms with Gasteiger partial charge in [0.1, 0.15) is 34.3 Å². The number of nitrogens with two attached hydrogens (primary N) is 1. The summed E-state index contributed by atoms with van der Waals surface area (Å²) in [5.74, 6) is -1.42. The molecule has 0 fully saturated rings. The summed E-state index contributed by atoms with van der Waals surface area (Å²) in [6.07, 6.45) is 0. The summed E-state index contributed by atoms with van der Waals surface area (Å²) in [6, 6.07) is 20.4. The molecule has 4 aromatic rings. The molecule has 10 heteroatoms. The van der Waals surface area contributed by atoms with Crippen molar-refractivity contribution >= 4 is 22.6 Å². The van der Waals surface area contributed by atoms with Crippen LogP contribution in [0.25, 0.3) is 11.0 Å². The Labute approximate surface area is 202 Å². The average Bonchev–Trinajstić information content (AvgIpc) is 2.87. The minimum Gasteiger partial charge on any atom is -0.440 e. The number of esters is 1. The van der Waals surface area contributed by atoms with Crippen LogP contribution in [0.4, 0.5) is 5.69 Å². The highest BCUT2D eigenvalue weighted by molar-refractivity contribution is 5.94. The summed E-state index contributed by atoms with van der Waals surface area (Å²) in [5, 5.41) is 21.2. The molecule has 2 heterocycles. The summed E-state index contributed by atoms with van der Waals surface area (Å²) in [7, 11) is 0. The van der Waals surface area contributed by atoms with Gasteiger partial charge in [0.05, 0.1) is 10.8 Å². The summed E-state index contributed by atoms with van der Waals surface area (Å²) in [4.78, 5) is 35.5. The van der Waals surface area contributed by atoms with Gasteiger partial charge in [-0.05, 0) is 23.8 Å². The molecule has 2 N–H and O–H groups in total. The van der Waals surface area contributed by atoms with Gasteiger partial charge in [0, 0.05) is 29.1 Å². The van der Waals surface area contributed by atoms with E-state index in [0.29, 0.717) is 22.1 Å². The Morgan fingerprint density at radius 3 is 2.56 bits per heavy atom. The number of carbonyl (C=O) groups is 1. The Hall–Kier alpha value is -5.43. The van der Waals surface area contributed by atoms with Crippen molar-refractivity contribution in [1.82, 2.24) is 0 Å². The number of rotatable bonds is 4. The smallest absolute Gasteiger partial charge is 0.351 e. The minimum atomic E-state index is -0.918. The molecule has 1 atom stereocenters. The Balaban J connectivity index is 1.49. The van der Waals surface area contributed by atoms with Crippen LogP contribution in [-0.2, 0) is 0 Å². The molecule has 0 saturated carbocycles. The van der Waals surface area contributed by atoms with Crippen LogP contribution in [0.5, 0.6) is 11.5 Å². The molecular weight excluding hydrogens is 466 g/mol. The third-order valence-corrected chi connectivity index (χ3v) is 5.70. The van der Waals surface area contributed by atoms with Gasteiger partial charge in [-0.3, -0.25) is 10.1 Å². The second kappa shape index (κ2) is 8.73. The molecule has 0 saturated heterocycles. The molecule has 5 rings (SSSR count). The molecule has 176 valence electrons. The fraction of sp³-hybridized carbons (Fsp3) is 0.0385. The lowest BCUT2D eigenvalue weighted by Crippen LogP contribution is -2.21. The van der Waals surface area contributed by atoms with Gasteiger partial charge in [-0.2, -0.15) is 5.26 Å². The number of nitrogens with zero attached hydrogens (tertiary/aromatic N) is 2. The third-order valence-electron chi connectivity index (χ3n) is 5.70. The molecule has 3 aromatic carbocycles. The highest BCUT2D eigenvalue weighted by atomic mass is 16.6. The maximum atomic E-state index is 12.7. The topological polar surface area (TPSA) is 159 Å². The molecule has 1 aromatic heterocycles. The van der Waals surface area contributed by atoms with E-state index < -0.39 is 22.4 Å². The van der Waals surface area contributed by atoms with E-state index in [1.165, 1.54) is 42.5 Å². The van der Waals surface area contributed by atoms with Gasteiger partial charge in [-0.15, -0.1) is 0 Å². The fourth-order valence-electron chi connectivity index (χ4n) is 4.00. The number of benzene rings is 3. The predicted molar refractivity (Wildman–Crippen MR) is 126 cm³/mol. The number of ether oxygens (including phenoxy) is 2. The molecule has 10 nitrogen and oxygen atoms in total. The van der Waals surface area contributed by atoms with Crippen LogP contribution in [0, 0.1) is 21.4 Å². The van der Waals surface area contributed by atoms with Crippen molar-refractivity contribution in [2.75, 3.05) is 0 Å². The van der Waals surface area contributed by atoms with Gasteiger partial charge in [0.15, 0.2) is 0 Å². The molecule has 0 amide bonds. The number of hydrogen-bond acceptors (Lipinski definition) is 9. The van der Waals surface area contributed by atoms with Gasteiger partial charge < -0.3 is 19.6 Å². The summed E-state index contributed by atoms with van der Waals surface area (Å²) >= 11 is 0. The normalized spacial score (nSPS) is 14.5. The van der Waals surface area contributed by atoms with Crippen LogP contribution >= 0.6 is 0 Å². The molecule has 0 radical (unpaired) electrons. The number of hydrogen-bond donors (Lipinski definition) is 1. The van der Waals surface area contributed by atoms with Gasteiger partial charge in [0.2, 0.25) is 5.88 Å². The van der Waals surface area contributed by atoms with Crippen LogP contribution in [0.3, 0.4) is 0 Å². The SMILES string of the molecule is N#CC1=C(N)Oc2cc(OC(=O)c3cc4ccccc4oc3=O)ccc2C1c1ccc([N+](=O)[O-])cc1. The first kappa shape index (κ1) is 22.4. The Bertz CT molecular complexity index is 1680. The second-order valence-corrected chi connectivity index (χ2v) is 7.85. The Kier molecular flexibility index (Phi) is 5.43. The Morgan fingerprint density at radius 1 is 1.08 bits per heavy atom. The number of allylic oxidation sites excluding steroid dienone is 1. The predicted octanol–water partition coefficient (Wildman–Crippen LogP) is 4.14. The van der Waals surface area contributed by atoms with Gasteiger partial charge in [0.25, 0.3) is 5.69 Å². The van der Waals surface area contributed by atoms with Crippen molar-refractivity contribution in [1.29, 1.82) is 5.26 Å². The molecular formula is C26H15N3O7. The lowest BCUT2D eigenvalue weighted by molar-refractivity contribution is -0.384. The van der Waals surface area contributed by atoms with Gasteiger partial charge in [-0.1, -0.05) is 36.4 Å². The van der Waals surface area contributed by atoms with Crippen molar-refractivity contribution < 1.29 is 23.6 Å². The van der Waals surface area contributed by atoms with E-state index in [1.54, 1.807) is 30.3 Å². The number of nitro groups is 1. The van der Waals surface area contributed by atoms with Crippen LogP contribution in [0.15, 0.2) is 93.5 Å². The third kappa shape index (κ3) is 3.91. The molecule has 0 bridgehead atoms. The molecule has 36 heavy (non-hydrogen) atoms. The molecule has 0 spiro atoms. The van der Waals surface area contributed by atoms with Gasteiger partial charge >= 0.3 is 11.6 Å². The minimum absolute atomic E-state index is 0.0713. The zero-order chi connectivity index (χ0) is 25.4. The number of carbonyl (C=O) groups excluding carboxylic acids is 1. The number of fused-ring (bicyclic) bond motifs is 2. The number of nitro benzene ring substituents is 1. The summed E-state index contributed by atoms with van der Waals surface area (Å²) < 4.78 is 16.2. The number of para-hydroxylation sites is 1. The first-order valence-corrected chi connectivity index (χ1v) is 10.6. The van der Waals surface area contributed by atoms with Crippen LogP contribution in [0.1, 0.15) is 27.4 Å². The highest BCUT2D eigenvalue weighted by Crippen LogP contribution is 2.43. The lowest BCUT2D eigenvalue weighted by atomic mass is 9.83. The number of nitriles is 1. The first-order chi connectivity index (χ1) is 17.4. The summed E-state index contributed by atoms with van der Waals surface area (Å²) in [5.41, 5.74) is 6.39. The van der Waals surface area contributed by atoms with Crippen LogP contribution < -0.4 is 20.8 Å². The van der Waals surface area contributed by atoms with Crippen molar-refractivity contribution in [3.05, 3.63) is 121 Å². The zero-order valence-corrected chi connectivity index (χ0v) is 18.3. The van der Waals surface area contributed by atoms with E-state index in [0.717, 1.165) is 0 Å². The first-order valence-electron chi connectivity index (χ1n) is 10.6. The van der Waals surface area contributed by atoms with E-state index >= 15 is 0 Å². The monoisotopic (exact) mass is 481 g/mol. The van der Waals surface area contributed by atoms with E-state index in [2.05, 4.69) is 0 Å². The lowest BCUT2D eigenvalue weighted by Gasteiger charge is -2.26. The average molecular weight is 481 g/mol.